The Balaban J connectivity index is 1.59. The van der Waals surface area contributed by atoms with E-state index >= 15 is 0 Å². The van der Waals surface area contributed by atoms with Crippen molar-refractivity contribution in [1.29, 1.82) is 0 Å². The topological polar surface area (TPSA) is 59.0 Å². The maximum absolute atomic E-state index is 12.4. The Morgan fingerprint density at radius 3 is 2.70 bits per heavy atom. The summed E-state index contributed by atoms with van der Waals surface area (Å²) in [5.41, 5.74) is 5.90. The predicted molar refractivity (Wildman–Crippen MR) is 109 cm³/mol. The van der Waals surface area contributed by atoms with E-state index in [0.29, 0.717) is 12.3 Å². The highest BCUT2D eigenvalue weighted by Crippen LogP contribution is 2.17. The van der Waals surface area contributed by atoms with Crippen LogP contribution in [0, 0.1) is 26.7 Å². The molecule has 0 radical (unpaired) electrons. The Bertz CT molecular complexity index is 778. The number of carbonyl (C=O) groups excluding carboxylic acids is 1. The van der Waals surface area contributed by atoms with Crippen molar-refractivity contribution in [2.45, 2.75) is 59.5 Å². The smallest absolute Gasteiger partial charge is 0.220 e. The lowest BCUT2D eigenvalue weighted by molar-refractivity contribution is -0.122. The zero-order valence-corrected chi connectivity index (χ0v) is 17.0. The molecule has 1 amide bonds. The van der Waals surface area contributed by atoms with Crippen molar-refractivity contribution in [3.8, 4) is 0 Å². The lowest BCUT2D eigenvalue weighted by Crippen LogP contribution is -2.50. The molecule has 0 aliphatic carbocycles. The van der Waals surface area contributed by atoms with E-state index in [4.69, 9.17) is 5.10 Å². The van der Waals surface area contributed by atoms with E-state index in [1.807, 2.05) is 6.92 Å². The van der Waals surface area contributed by atoms with Gasteiger partial charge in [-0.05, 0) is 57.2 Å². The molecule has 1 aromatic carbocycles. The second-order valence-corrected chi connectivity index (χ2v) is 7.94. The van der Waals surface area contributed by atoms with Crippen molar-refractivity contribution < 1.29 is 4.79 Å². The quantitative estimate of drug-likeness (QED) is 0.824. The molecule has 1 aliphatic heterocycles. The van der Waals surface area contributed by atoms with Gasteiger partial charge in [-0.25, -0.2) is 0 Å². The Labute approximate surface area is 162 Å². The summed E-state index contributed by atoms with van der Waals surface area (Å²) in [7, 11) is 0. The summed E-state index contributed by atoms with van der Waals surface area (Å²) in [5, 5.41) is 11.3. The number of nitrogens with one attached hydrogen (secondary N) is 2. The number of rotatable bonds is 6. The van der Waals surface area contributed by atoms with Gasteiger partial charge in [0.25, 0.3) is 0 Å². The molecule has 2 N–H and O–H groups in total. The van der Waals surface area contributed by atoms with Gasteiger partial charge < -0.3 is 10.6 Å². The normalized spacial score (nSPS) is 19.9. The van der Waals surface area contributed by atoms with E-state index in [1.54, 1.807) is 0 Å². The van der Waals surface area contributed by atoms with Crippen LogP contribution in [0.4, 0.5) is 0 Å². The number of benzene rings is 1. The summed E-state index contributed by atoms with van der Waals surface area (Å²) in [4.78, 5) is 12.4. The SMILES string of the molecule is Cc1ccc(Cn2nc(C)c(CCC(=O)NC3CNCCC3C)c2C)cc1. The number of aromatic nitrogens is 2. The predicted octanol–water partition coefficient (Wildman–Crippen LogP) is 2.90. The maximum atomic E-state index is 12.4. The van der Waals surface area contributed by atoms with Gasteiger partial charge in [-0.2, -0.15) is 5.10 Å². The van der Waals surface area contributed by atoms with Crippen LogP contribution in [0.5, 0.6) is 0 Å². The molecule has 1 saturated heterocycles. The third-order valence-electron chi connectivity index (χ3n) is 5.76. The minimum Gasteiger partial charge on any atom is -0.352 e. The van der Waals surface area contributed by atoms with Crippen LogP contribution in [0.25, 0.3) is 0 Å². The molecule has 2 heterocycles. The fourth-order valence-corrected chi connectivity index (χ4v) is 3.82. The van der Waals surface area contributed by atoms with Gasteiger partial charge in [0.05, 0.1) is 12.2 Å². The number of piperidine rings is 1. The first-order valence-corrected chi connectivity index (χ1v) is 10.0. The van der Waals surface area contributed by atoms with Crippen LogP contribution in [0.2, 0.25) is 0 Å². The second-order valence-electron chi connectivity index (χ2n) is 7.94. The zero-order chi connectivity index (χ0) is 19.4. The van der Waals surface area contributed by atoms with Crippen LogP contribution in [0.3, 0.4) is 0 Å². The zero-order valence-electron chi connectivity index (χ0n) is 17.0. The van der Waals surface area contributed by atoms with Crippen molar-refractivity contribution in [2.24, 2.45) is 5.92 Å². The first kappa shape index (κ1) is 19.6. The van der Waals surface area contributed by atoms with Crippen LogP contribution < -0.4 is 10.6 Å². The van der Waals surface area contributed by atoms with E-state index in [-0.39, 0.29) is 11.9 Å². The lowest BCUT2D eigenvalue weighted by Gasteiger charge is -2.30. The molecule has 1 aliphatic rings. The fourth-order valence-electron chi connectivity index (χ4n) is 3.82. The molecule has 5 heteroatoms. The van der Waals surface area contributed by atoms with Crippen LogP contribution in [-0.2, 0) is 17.8 Å². The summed E-state index contributed by atoms with van der Waals surface area (Å²) >= 11 is 0. The highest BCUT2D eigenvalue weighted by molar-refractivity contribution is 5.76. The van der Waals surface area contributed by atoms with Gasteiger partial charge in [-0.3, -0.25) is 9.48 Å². The molecule has 0 spiro atoms. The third kappa shape index (κ3) is 4.98. The Hall–Kier alpha value is -2.14. The van der Waals surface area contributed by atoms with Gasteiger partial charge >= 0.3 is 0 Å². The Morgan fingerprint density at radius 2 is 2.00 bits per heavy atom. The number of hydrogen-bond acceptors (Lipinski definition) is 3. The molecular formula is C22H32N4O. The number of amides is 1. The molecule has 3 rings (SSSR count). The van der Waals surface area contributed by atoms with Gasteiger partial charge in [0, 0.05) is 24.7 Å². The summed E-state index contributed by atoms with van der Waals surface area (Å²) in [5.74, 6) is 0.677. The van der Waals surface area contributed by atoms with Gasteiger partial charge in [0.15, 0.2) is 0 Å². The fraction of sp³-hybridized carbons (Fsp3) is 0.545. The largest absolute Gasteiger partial charge is 0.352 e. The lowest BCUT2D eigenvalue weighted by atomic mass is 9.94. The van der Waals surface area contributed by atoms with Crippen molar-refractivity contribution in [3.63, 3.8) is 0 Å². The minimum atomic E-state index is 0.139. The average molecular weight is 369 g/mol. The molecule has 2 aromatic rings. The van der Waals surface area contributed by atoms with Crippen molar-refractivity contribution >= 4 is 5.91 Å². The first-order chi connectivity index (χ1) is 12.9. The van der Waals surface area contributed by atoms with E-state index in [9.17, 15) is 4.79 Å². The number of nitrogens with zero attached hydrogens (tertiary/aromatic N) is 2. The van der Waals surface area contributed by atoms with Crippen molar-refractivity contribution in [1.82, 2.24) is 20.4 Å². The van der Waals surface area contributed by atoms with Gasteiger partial charge in [0.1, 0.15) is 0 Å². The molecule has 27 heavy (non-hydrogen) atoms. The molecule has 5 nitrogen and oxygen atoms in total. The molecule has 0 saturated carbocycles. The summed E-state index contributed by atoms with van der Waals surface area (Å²) in [6.07, 6.45) is 2.38. The number of carbonyl (C=O) groups is 1. The highest BCUT2D eigenvalue weighted by atomic mass is 16.1. The van der Waals surface area contributed by atoms with Gasteiger partial charge in [-0.1, -0.05) is 36.8 Å². The summed E-state index contributed by atoms with van der Waals surface area (Å²) in [6.45, 7) is 11.2. The molecule has 1 aromatic heterocycles. The standard InChI is InChI=1S/C22H32N4O/c1-15-5-7-19(8-6-15)14-26-18(4)20(17(3)25-26)9-10-22(27)24-21-13-23-12-11-16(21)2/h5-8,16,21,23H,9-14H2,1-4H3,(H,24,27). The second kappa shape index (κ2) is 8.70. The van der Waals surface area contributed by atoms with Crippen molar-refractivity contribution in [2.75, 3.05) is 13.1 Å². The Morgan fingerprint density at radius 1 is 1.26 bits per heavy atom. The van der Waals surface area contributed by atoms with E-state index in [2.05, 4.69) is 60.4 Å². The number of hydrogen-bond donors (Lipinski definition) is 2. The molecule has 146 valence electrons. The van der Waals surface area contributed by atoms with Crippen LogP contribution in [-0.4, -0.2) is 34.8 Å². The minimum absolute atomic E-state index is 0.139. The van der Waals surface area contributed by atoms with Crippen LogP contribution in [0.1, 0.15) is 47.8 Å². The van der Waals surface area contributed by atoms with Gasteiger partial charge in [0.2, 0.25) is 5.91 Å². The molecular weight excluding hydrogens is 336 g/mol. The third-order valence-corrected chi connectivity index (χ3v) is 5.76. The summed E-state index contributed by atoms with van der Waals surface area (Å²) in [6, 6.07) is 8.81. The molecule has 0 bridgehead atoms. The van der Waals surface area contributed by atoms with E-state index < -0.39 is 0 Å². The van der Waals surface area contributed by atoms with Crippen molar-refractivity contribution in [3.05, 3.63) is 52.3 Å². The Kier molecular flexibility index (Phi) is 6.32. The monoisotopic (exact) mass is 368 g/mol. The van der Waals surface area contributed by atoms with Gasteiger partial charge in [-0.15, -0.1) is 0 Å². The van der Waals surface area contributed by atoms with E-state index in [1.165, 1.54) is 16.7 Å². The molecule has 2 unspecified atom stereocenters. The highest BCUT2D eigenvalue weighted by Gasteiger charge is 2.22. The van der Waals surface area contributed by atoms with Crippen LogP contribution >= 0.6 is 0 Å². The van der Waals surface area contributed by atoms with E-state index in [0.717, 1.165) is 43.9 Å². The molecule has 2 atom stereocenters. The summed E-state index contributed by atoms with van der Waals surface area (Å²) < 4.78 is 2.06. The number of aryl methyl sites for hydroxylation is 2. The molecule has 1 fully saturated rings. The first-order valence-electron chi connectivity index (χ1n) is 10.0. The average Bonchev–Trinajstić information content (AvgIpc) is 2.90. The van der Waals surface area contributed by atoms with Crippen LogP contribution in [0.15, 0.2) is 24.3 Å². The maximum Gasteiger partial charge on any atom is 0.220 e.